The molecule has 372 valence electrons. The van der Waals surface area contributed by atoms with Crippen molar-refractivity contribution >= 4 is 22.6 Å². The predicted molar refractivity (Wildman–Crippen MR) is 146 cm³/mol. The summed E-state index contributed by atoms with van der Waals surface area (Å²) in [6.07, 6.45) is -28.1. The summed E-state index contributed by atoms with van der Waals surface area (Å²) in [6, 6.07) is 1.87. The molecule has 1 aromatic rings. The van der Waals surface area contributed by atoms with E-state index in [0.717, 1.165) is 0 Å². The molecule has 0 unspecified atom stereocenters. The molecule has 0 bridgehead atoms. The van der Waals surface area contributed by atoms with Crippen LogP contribution in [-0.2, 0) is 12.8 Å². The molecule has 0 aromatic heterocycles. The zero-order valence-electron chi connectivity index (χ0n) is 28.7. The van der Waals surface area contributed by atoms with Crippen molar-refractivity contribution in [3.63, 3.8) is 0 Å². The first-order valence-electron chi connectivity index (χ1n) is 15.3. The average Bonchev–Trinajstić information content (AvgIpc) is 3.05. The molecule has 0 nitrogen and oxygen atoms in total. The second-order valence-corrected chi connectivity index (χ2v) is 14.2. The van der Waals surface area contributed by atoms with E-state index in [0.29, 0.717) is 18.2 Å². The highest BCUT2D eigenvalue weighted by molar-refractivity contribution is 14.1. The zero-order valence-corrected chi connectivity index (χ0v) is 30.9. The quantitative estimate of drug-likeness (QED) is 0.0902. The Bertz CT molecular complexity index is 1620. The van der Waals surface area contributed by atoms with Gasteiger partial charge in [0, 0.05) is 16.4 Å². The summed E-state index contributed by atoms with van der Waals surface area (Å²) in [7, 11) is 0. The number of rotatable bonds is 20. The van der Waals surface area contributed by atoms with E-state index in [-0.39, 0.29) is 3.57 Å². The summed E-state index contributed by atoms with van der Waals surface area (Å²) in [5.41, 5.74) is -1.31. The molecular formula is C28H15F34I. The van der Waals surface area contributed by atoms with Gasteiger partial charge in [0.05, 0.1) is 0 Å². The fourth-order valence-electron chi connectivity index (χ4n) is 4.74. The lowest BCUT2D eigenvalue weighted by Crippen LogP contribution is -2.74. The van der Waals surface area contributed by atoms with Gasteiger partial charge >= 0.3 is 95.3 Å². The van der Waals surface area contributed by atoms with Crippen molar-refractivity contribution in [1.29, 1.82) is 0 Å². The van der Waals surface area contributed by atoms with Crippen molar-refractivity contribution < 1.29 is 149 Å². The molecule has 0 aliphatic carbocycles. The van der Waals surface area contributed by atoms with Gasteiger partial charge in [0.1, 0.15) is 0 Å². The van der Waals surface area contributed by atoms with Crippen molar-refractivity contribution in [3.8, 4) is 0 Å². The van der Waals surface area contributed by atoms with Crippen LogP contribution in [0.5, 0.6) is 0 Å². The van der Waals surface area contributed by atoms with E-state index in [1.807, 2.05) is 0 Å². The Hall–Kier alpha value is -2.43. The van der Waals surface area contributed by atoms with Gasteiger partial charge in [-0.2, -0.15) is 149 Å². The highest BCUT2D eigenvalue weighted by Crippen LogP contribution is 2.66. The molecule has 0 aliphatic rings. The Kier molecular flexibility index (Phi) is 15.3. The highest BCUT2D eigenvalue weighted by Gasteiger charge is 2.96. The molecule has 0 spiro atoms. The number of benzene rings is 1. The summed E-state index contributed by atoms with van der Waals surface area (Å²) in [5.74, 6) is -117. The maximum atomic E-state index is 14.2. The van der Waals surface area contributed by atoms with Crippen LogP contribution >= 0.6 is 22.6 Å². The molecule has 0 heterocycles. The smallest absolute Gasteiger partial charge is 0.200 e. The fraction of sp³-hybridized carbons (Fsp3) is 0.786. The van der Waals surface area contributed by atoms with Gasteiger partial charge in [0.15, 0.2) is 0 Å². The third kappa shape index (κ3) is 8.83. The van der Waals surface area contributed by atoms with E-state index < -0.39 is 145 Å². The maximum absolute atomic E-state index is 14.2. The summed E-state index contributed by atoms with van der Waals surface area (Å²) in [4.78, 5) is 0. The zero-order chi connectivity index (χ0) is 51.1. The Morgan fingerprint density at radius 1 is 0.270 bits per heavy atom. The van der Waals surface area contributed by atoms with Crippen LogP contribution in [0.2, 0.25) is 0 Å². The van der Waals surface area contributed by atoms with Gasteiger partial charge in [-0.05, 0) is 71.5 Å². The Morgan fingerprint density at radius 3 is 0.667 bits per heavy atom. The van der Waals surface area contributed by atoms with Crippen molar-refractivity contribution in [2.24, 2.45) is 0 Å². The van der Waals surface area contributed by atoms with Crippen LogP contribution in [0.4, 0.5) is 149 Å². The molecule has 1 rings (SSSR count). The molecular weight excluding hydrogens is 1110 g/mol. The molecule has 63 heavy (non-hydrogen) atoms. The molecule has 35 heteroatoms. The number of hydrogen-bond acceptors (Lipinski definition) is 0. The predicted octanol–water partition coefficient (Wildman–Crippen LogP) is 15.0. The molecule has 0 aliphatic heterocycles. The standard InChI is InChI=1S/C28H15F34I/c29-13(30,15(33,34)17(37,38)19(41,42)21(45,46)23(49,50)25(53,54)27(57,58)59)5-1-3-10-7-11(9-12(63)8-10)4-2-6-14(31,32)16(35,36)18(39,40)20(43,44)22(47,48)24(51,52)26(55,56)28(60,61)62/h7-9H,1-6H2. The summed E-state index contributed by atoms with van der Waals surface area (Å²) >= 11 is 1.17. The second kappa shape index (κ2) is 16.4. The van der Waals surface area contributed by atoms with Crippen LogP contribution in [-0.4, -0.2) is 95.3 Å². The second-order valence-electron chi connectivity index (χ2n) is 13.0. The minimum Gasteiger partial charge on any atom is -0.200 e. The molecule has 0 saturated heterocycles. The van der Waals surface area contributed by atoms with Crippen molar-refractivity contribution in [1.82, 2.24) is 0 Å². The van der Waals surface area contributed by atoms with Crippen LogP contribution in [0.25, 0.3) is 0 Å². The molecule has 0 atom stereocenters. The molecule has 0 amide bonds. The topological polar surface area (TPSA) is 0 Å². The first-order chi connectivity index (χ1) is 27.1. The van der Waals surface area contributed by atoms with Crippen molar-refractivity contribution in [2.75, 3.05) is 0 Å². The third-order valence-electron chi connectivity index (χ3n) is 8.50. The van der Waals surface area contributed by atoms with Crippen LogP contribution in [0.3, 0.4) is 0 Å². The monoisotopic (exact) mass is 1120 g/mol. The Labute approximate surface area is 338 Å². The van der Waals surface area contributed by atoms with Gasteiger partial charge in [-0.1, -0.05) is 6.07 Å². The number of hydrogen-bond donors (Lipinski definition) is 0. The van der Waals surface area contributed by atoms with Crippen LogP contribution < -0.4 is 0 Å². The van der Waals surface area contributed by atoms with Gasteiger partial charge in [-0.15, -0.1) is 0 Å². The average molecular weight is 1120 g/mol. The normalized spacial score (nSPS) is 16.2. The first kappa shape index (κ1) is 58.6. The Balaban J connectivity index is 3.33. The number of halogens is 35. The van der Waals surface area contributed by atoms with E-state index >= 15 is 0 Å². The molecule has 0 fully saturated rings. The lowest BCUT2D eigenvalue weighted by atomic mass is 9.87. The molecule has 0 N–H and O–H groups in total. The third-order valence-corrected chi connectivity index (χ3v) is 9.13. The van der Waals surface area contributed by atoms with E-state index in [1.165, 1.54) is 22.6 Å². The summed E-state index contributed by atoms with van der Waals surface area (Å²) in [6.45, 7) is 0. The van der Waals surface area contributed by atoms with Gasteiger partial charge in [0.25, 0.3) is 0 Å². The lowest BCUT2D eigenvalue weighted by Gasteiger charge is -2.42. The molecule has 0 radical (unpaired) electrons. The van der Waals surface area contributed by atoms with Crippen molar-refractivity contribution in [2.45, 2.75) is 134 Å². The van der Waals surface area contributed by atoms with E-state index in [9.17, 15) is 149 Å². The minimum atomic E-state index is -8.91. The number of aryl methyl sites for hydroxylation is 2. The first-order valence-corrected chi connectivity index (χ1v) is 16.3. The molecule has 0 saturated carbocycles. The minimum absolute atomic E-state index is 0.315. The van der Waals surface area contributed by atoms with Gasteiger partial charge in [0.2, 0.25) is 0 Å². The fourth-order valence-corrected chi connectivity index (χ4v) is 5.54. The Morgan fingerprint density at radius 2 is 0.460 bits per heavy atom. The van der Waals surface area contributed by atoms with E-state index in [2.05, 4.69) is 0 Å². The van der Waals surface area contributed by atoms with Crippen LogP contribution in [0.15, 0.2) is 18.2 Å². The van der Waals surface area contributed by atoms with Gasteiger partial charge in [-0.3, -0.25) is 0 Å². The summed E-state index contributed by atoms with van der Waals surface area (Å²) in [5, 5.41) is 0. The van der Waals surface area contributed by atoms with Crippen LogP contribution in [0.1, 0.15) is 36.8 Å². The van der Waals surface area contributed by atoms with Gasteiger partial charge in [-0.25, -0.2) is 0 Å². The number of alkyl halides is 34. The van der Waals surface area contributed by atoms with E-state index in [1.54, 1.807) is 0 Å². The van der Waals surface area contributed by atoms with Crippen molar-refractivity contribution in [3.05, 3.63) is 32.9 Å². The van der Waals surface area contributed by atoms with Gasteiger partial charge < -0.3 is 0 Å². The lowest BCUT2D eigenvalue weighted by molar-refractivity contribution is -0.461. The maximum Gasteiger partial charge on any atom is 0.460 e. The summed E-state index contributed by atoms with van der Waals surface area (Å²) < 4.78 is 457. The van der Waals surface area contributed by atoms with E-state index in [4.69, 9.17) is 0 Å². The SMILES string of the molecule is FC(F)(F)C(F)(F)C(F)(F)C(F)(F)C(F)(F)C(F)(F)C(F)(F)C(F)(F)CCCc1cc(I)cc(CCCC(F)(F)C(F)(F)C(F)(F)C(F)(F)C(F)(F)C(F)(F)C(F)(F)C(F)(F)F)c1. The van der Waals surface area contributed by atoms with Crippen LogP contribution in [0, 0.1) is 3.57 Å². The largest absolute Gasteiger partial charge is 0.460 e. The highest BCUT2D eigenvalue weighted by atomic mass is 127. The molecule has 1 aromatic carbocycles.